The van der Waals surface area contributed by atoms with E-state index in [1.807, 2.05) is 0 Å². The molecule has 1 unspecified atom stereocenters. The second-order valence-electron chi connectivity index (χ2n) is 4.33. The zero-order chi connectivity index (χ0) is 12.4. The molecule has 0 amide bonds. The molecule has 2 heterocycles. The van der Waals surface area contributed by atoms with Crippen LogP contribution in [0, 0.1) is 5.92 Å². The molecule has 0 N–H and O–H groups in total. The van der Waals surface area contributed by atoms with Crippen molar-refractivity contribution in [3.8, 4) is 17.2 Å². The first-order valence-corrected chi connectivity index (χ1v) is 5.96. The molecule has 2 aliphatic rings. The molecular weight excluding hydrogens is 236 g/mol. The van der Waals surface area contributed by atoms with Crippen LogP contribution in [0.1, 0.15) is 6.42 Å². The Morgan fingerprint density at radius 1 is 1.33 bits per heavy atom. The SMILES string of the molecule is O=C(COc1ccc2c(c1)OCO2)C1CCOC1. The largest absolute Gasteiger partial charge is 0.486 e. The Morgan fingerprint density at radius 2 is 2.22 bits per heavy atom. The maximum Gasteiger partial charge on any atom is 0.231 e. The van der Waals surface area contributed by atoms with Crippen LogP contribution in [-0.4, -0.2) is 32.4 Å². The van der Waals surface area contributed by atoms with Crippen LogP contribution in [0.3, 0.4) is 0 Å². The quantitative estimate of drug-likeness (QED) is 0.808. The minimum atomic E-state index is -0.0148. The summed E-state index contributed by atoms with van der Waals surface area (Å²) < 4.78 is 21.1. The van der Waals surface area contributed by atoms with Gasteiger partial charge in [0.15, 0.2) is 17.3 Å². The lowest BCUT2D eigenvalue weighted by atomic mass is 10.0. The van der Waals surface area contributed by atoms with Crippen LogP contribution in [0.5, 0.6) is 17.2 Å². The number of ketones is 1. The van der Waals surface area contributed by atoms with E-state index in [0.29, 0.717) is 30.5 Å². The topological polar surface area (TPSA) is 54.0 Å². The molecule has 1 aromatic carbocycles. The molecular formula is C13H14O5. The summed E-state index contributed by atoms with van der Waals surface area (Å²) >= 11 is 0. The molecule has 0 aliphatic carbocycles. The molecule has 0 saturated carbocycles. The van der Waals surface area contributed by atoms with E-state index in [-0.39, 0.29) is 25.1 Å². The first-order chi connectivity index (χ1) is 8.83. The number of carbonyl (C=O) groups excluding carboxylic acids is 1. The monoisotopic (exact) mass is 250 g/mol. The third-order valence-electron chi connectivity index (χ3n) is 3.11. The number of benzene rings is 1. The van der Waals surface area contributed by atoms with Crippen LogP contribution >= 0.6 is 0 Å². The molecule has 1 fully saturated rings. The van der Waals surface area contributed by atoms with Gasteiger partial charge in [-0.15, -0.1) is 0 Å². The molecule has 1 atom stereocenters. The summed E-state index contributed by atoms with van der Waals surface area (Å²) in [6.07, 6.45) is 0.795. The van der Waals surface area contributed by atoms with Gasteiger partial charge in [0, 0.05) is 18.6 Å². The minimum Gasteiger partial charge on any atom is -0.486 e. The highest BCUT2D eigenvalue weighted by molar-refractivity contribution is 5.82. The third kappa shape index (κ3) is 2.26. The lowest BCUT2D eigenvalue weighted by molar-refractivity contribution is -0.124. The van der Waals surface area contributed by atoms with Gasteiger partial charge in [-0.2, -0.15) is 0 Å². The predicted molar refractivity (Wildman–Crippen MR) is 62.0 cm³/mol. The summed E-state index contributed by atoms with van der Waals surface area (Å²) in [6, 6.07) is 5.29. The fourth-order valence-corrected chi connectivity index (χ4v) is 2.03. The van der Waals surface area contributed by atoms with Crippen molar-refractivity contribution in [2.24, 2.45) is 5.92 Å². The van der Waals surface area contributed by atoms with E-state index in [1.165, 1.54) is 0 Å². The second-order valence-corrected chi connectivity index (χ2v) is 4.33. The molecule has 96 valence electrons. The lowest BCUT2D eigenvalue weighted by Gasteiger charge is -2.09. The summed E-state index contributed by atoms with van der Waals surface area (Å²) in [4.78, 5) is 11.8. The zero-order valence-corrected chi connectivity index (χ0v) is 9.89. The van der Waals surface area contributed by atoms with Gasteiger partial charge in [-0.25, -0.2) is 0 Å². The predicted octanol–water partition coefficient (Wildman–Crippen LogP) is 1.40. The summed E-state index contributed by atoms with van der Waals surface area (Å²) in [5, 5.41) is 0. The minimum absolute atomic E-state index is 0.0148. The molecule has 1 aromatic rings. The number of ether oxygens (including phenoxy) is 4. The fraction of sp³-hybridized carbons (Fsp3) is 0.462. The third-order valence-corrected chi connectivity index (χ3v) is 3.11. The van der Waals surface area contributed by atoms with Crippen LogP contribution in [0.2, 0.25) is 0 Å². The van der Waals surface area contributed by atoms with Crippen molar-refractivity contribution >= 4 is 5.78 Å². The van der Waals surface area contributed by atoms with E-state index in [9.17, 15) is 4.79 Å². The van der Waals surface area contributed by atoms with E-state index in [4.69, 9.17) is 18.9 Å². The lowest BCUT2D eigenvalue weighted by Crippen LogP contribution is -2.21. The first kappa shape index (κ1) is 11.3. The van der Waals surface area contributed by atoms with Crippen molar-refractivity contribution < 1.29 is 23.7 Å². The van der Waals surface area contributed by atoms with Gasteiger partial charge < -0.3 is 18.9 Å². The van der Waals surface area contributed by atoms with Gasteiger partial charge in [-0.05, 0) is 18.6 Å². The Morgan fingerprint density at radius 3 is 3.06 bits per heavy atom. The van der Waals surface area contributed by atoms with Crippen molar-refractivity contribution in [2.75, 3.05) is 26.6 Å². The summed E-state index contributed by atoms with van der Waals surface area (Å²) in [6.45, 7) is 1.49. The second kappa shape index (κ2) is 4.86. The van der Waals surface area contributed by atoms with E-state index < -0.39 is 0 Å². The van der Waals surface area contributed by atoms with Crippen LogP contribution < -0.4 is 14.2 Å². The molecule has 5 nitrogen and oxygen atoms in total. The average Bonchev–Trinajstić information content (AvgIpc) is 3.05. The van der Waals surface area contributed by atoms with Crippen LogP contribution in [0.25, 0.3) is 0 Å². The highest BCUT2D eigenvalue weighted by Crippen LogP contribution is 2.35. The Labute approximate surface area is 105 Å². The summed E-state index contributed by atoms with van der Waals surface area (Å²) in [5.74, 6) is 2.05. The van der Waals surface area contributed by atoms with Crippen molar-refractivity contribution in [3.63, 3.8) is 0 Å². The zero-order valence-electron chi connectivity index (χ0n) is 9.89. The standard InChI is InChI=1S/C13H14O5/c14-11(9-3-4-15-6-9)7-16-10-1-2-12-13(5-10)18-8-17-12/h1-2,5,9H,3-4,6-8H2. The number of fused-ring (bicyclic) bond motifs is 1. The highest BCUT2D eigenvalue weighted by atomic mass is 16.7. The maximum atomic E-state index is 11.8. The molecule has 0 aromatic heterocycles. The molecule has 5 heteroatoms. The maximum absolute atomic E-state index is 11.8. The Balaban J connectivity index is 1.58. The van der Waals surface area contributed by atoms with Crippen molar-refractivity contribution in [1.29, 1.82) is 0 Å². The Hall–Kier alpha value is -1.75. The van der Waals surface area contributed by atoms with Crippen molar-refractivity contribution in [1.82, 2.24) is 0 Å². The molecule has 2 aliphatic heterocycles. The Bertz CT molecular complexity index is 451. The molecule has 18 heavy (non-hydrogen) atoms. The van der Waals surface area contributed by atoms with Crippen LogP contribution in [0.15, 0.2) is 18.2 Å². The van der Waals surface area contributed by atoms with E-state index in [2.05, 4.69) is 0 Å². The number of Topliss-reactive ketones (excluding diaryl/α,β-unsaturated/α-hetero) is 1. The van der Waals surface area contributed by atoms with Crippen LogP contribution in [0.4, 0.5) is 0 Å². The number of carbonyl (C=O) groups is 1. The van der Waals surface area contributed by atoms with Gasteiger partial charge in [0.2, 0.25) is 6.79 Å². The smallest absolute Gasteiger partial charge is 0.231 e. The van der Waals surface area contributed by atoms with E-state index >= 15 is 0 Å². The first-order valence-electron chi connectivity index (χ1n) is 5.96. The average molecular weight is 250 g/mol. The summed E-state index contributed by atoms with van der Waals surface area (Å²) in [7, 11) is 0. The van der Waals surface area contributed by atoms with Gasteiger partial charge in [0.25, 0.3) is 0 Å². The van der Waals surface area contributed by atoms with Crippen molar-refractivity contribution in [3.05, 3.63) is 18.2 Å². The van der Waals surface area contributed by atoms with Gasteiger partial charge in [0.1, 0.15) is 12.4 Å². The van der Waals surface area contributed by atoms with E-state index in [1.54, 1.807) is 18.2 Å². The van der Waals surface area contributed by atoms with Gasteiger partial charge in [-0.1, -0.05) is 0 Å². The molecule has 3 rings (SSSR count). The normalized spacial score (nSPS) is 21.0. The van der Waals surface area contributed by atoms with Crippen LogP contribution in [-0.2, 0) is 9.53 Å². The summed E-state index contributed by atoms with van der Waals surface area (Å²) in [5.41, 5.74) is 0. The molecule has 0 bridgehead atoms. The number of hydrogen-bond acceptors (Lipinski definition) is 5. The highest BCUT2D eigenvalue weighted by Gasteiger charge is 2.24. The molecule has 0 radical (unpaired) electrons. The van der Waals surface area contributed by atoms with Gasteiger partial charge in [0.05, 0.1) is 6.61 Å². The fourth-order valence-electron chi connectivity index (χ4n) is 2.03. The molecule has 1 saturated heterocycles. The number of hydrogen-bond donors (Lipinski definition) is 0. The van der Waals surface area contributed by atoms with Crippen molar-refractivity contribution in [2.45, 2.75) is 6.42 Å². The van der Waals surface area contributed by atoms with E-state index in [0.717, 1.165) is 6.42 Å². The number of rotatable bonds is 4. The molecule has 0 spiro atoms. The Kier molecular flexibility index (Phi) is 3.06. The van der Waals surface area contributed by atoms with Gasteiger partial charge in [-0.3, -0.25) is 4.79 Å². The van der Waals surface area contributed by atoms with Gasteiger partial charge >= 0.3 is 0 Å².